The Kier molecular flexibility index (Phi) is 4.52. The van der Waals surface area contributed by atoms with Gasteiger partial charge in [0.25, 0.3) is 5.91 Å². The molecule has 1 aromatic carbocycles. The molecule has 0 spiro atoms. The van der Waals surface area contributed by atoms with E-state index in [1.165, 1.54) is 6.92 Å². The van der Waals surface area contributed by atoms with E-state index in [4.69, 9.17) is 9.47 Å². The quantitative estimate of drug-likeness (QED) is 0.660. The van der Waals surface area contributed by atoms with Crippen LogP contribution in [0, 0.1) is 0 Å². The third-order valence-corrected chi connectivity index (χ3v) is 2.90. The Morgan fingerprint density at radius 2 is 2.21 bits per heavy atom. The topological polar surface area (TPSA) is 64.6 Å². The molecule has 1 N–H and O–H groups in total. The van der Waals surface area contributed by atoms with Crippen molar-refractivity contribution in [3.05, 3.63) is 29.8 Å². The van der Waals surface area contributed by atoms with Gasteiger partial charge >= 0.3 is 5.97 Å². The van der Waals surface area contributed by atoms with E-state index in [2.05, 4.69) is 5.32 Å². The molecule has 0 unspecified atom stereocenters. The van der Waals surface area contributed by atoms with Gasteiger partial charge in [0, 0.05) is 20.1 Å². The molecule has 1 atom stereocenters. The fraction of sp³-hybridized carbons (Fsp3) is 0.429. The molecular weight excluding hydrogens is 246 g/mol. The van der Waals surface area contributed by atoms with Gasteiger partial charge in [-0.1, -0.05) is 12.1 Å². The van der Waals surface area contributed by atoms with Gasteiger partial charge < -0.3 is 14.8 Å². The molecule has 19 heavy (non-hydrogen) atoms. The van der Waals surface area contributed by atoms with Crippen molar-refractivity contribution < 1.29 is 19.1 Å². The second-order valence-electron chi connectivity index (χ2n) is 4.43. The Balaban J connectivity index is 1.99. The molecule has 1 aromatic rings. The Hall–Kier alpha value is -1.88. The maximum absolute atomic E-state index is 12.0. The number of hydrogen-bond donors (Lipinski definition) is 1. The van der Waals surface area contributed by atoms with Crippen LogP contribution in [0.25, 0.3) is 0 Å². The molecule has 1 aliphatic heterocycles. The summed E-state index contributed by atoms with van der Waals surface area (Å²) in [5.41, 5.74) is 0.357. The zero-order chi connectivity index (χ0) is 13.7. The molecule has 1 fully saturated rings. The number of hydrogen-bond acceptors (Lipinski definition) is 4. The smallest absolute Gasteiger partial charge is 0.308 e. The summed E-state index contributed by atoms with van der Waals surface area (Å²) in [6.45, 7) is 2.54. The molecule has 5 heteroatoms. The molecule has 102 valence electrons. The molecule has 0 radical (unpaired) electrons. The van der Waals surface area contributed by atoms with E-state index in [1.807, 2.05) is 0 Å². The van der Waals surface area contributed by atoms with Crippen LogP contribution in [-0.2, 0) is 9.53 Å². The van der Waals surface area contributed by atoms with Crippen molar-refractivity contribution in [2.75, 3.05) is 13.2 Å². The van der Waals surface area contributed by atoms with Crippen LogP contribution in [0.2, 0.25) is 0 Å². The second kappa shape index (κ2) is 6.33. The van der Waals surface area contributed by atoms with Crippen molar-refractivity contribution in [3.63, 3.8) is 0 Å². The van der Waals surface area contributed by atoms with Gasteiger partial charge in [-0.25, -0.2) is 0 Å². The van der Waals surface area contributed by atoms with Gasteiger partial charge in [0.2, 0.25) is 0 Å². The number of esters is 1. The summed E-state index contributed by atoms with van der Waals surface area (Å²) in [7, 11) is 0. The van der Waals surface area contributed by atoms with Crippen molar-refractivity contribution in [2.24, 2.45) is 0 Å². The van der Waals surface area contributed by atoms with Crippen LogP contribution < -0.4 is 10.1 Å². The van der Waals surface area contributed by atoms with Gasteiger partial charge in [-0.15, -0.1) is 0 Å². The lowest BCUT2D eigenvalue weighted by atomic mass is 10.1. The Morgan fingerprint density at radius 1 is 1.42 bits per heavy atom. The molecule has 0 aromatic heterocycles. The molecule has 0 saturated carbocycles. The molecule has 0 aliphatic carbocycles. The highest BCUT2D eigenvalue weighted by Crippen LogP contribution is 2.18. The number of carbonyl (C=O) groups is 2. The van der Waals surface area contributed by atoms with E-state index in [0.29, 0.717) is 12.1 Å². The normalized spacial score (nSPS) is 18.1. The molecule has 1 saturated heterocycles. The fourth-order valence-electron chi connectivity index (χ4n) is 2.01. The van der Waals surface area contributed by atoms with E-state index in [9.17, 15) is 9.59 Å². The lowest BCUT2D eigenvalue weighted by Gasteiger charge is -2.12. The number of ether oxygens (including phenoxy) is 2. The maximum atomic E-state index is 12.0. The standard InChI is InChI=1S/C14H17NO4/c1-10(16)19-13-7-3-2-6-12(13)14(17)15-9-11-5-4-8-18-11/h2-3,6-7,11H,4-5,8-9H2,1H3,(H,15,17)/t11-/m0/s1. The van der Waals surface area contributed by atoms with E-state index >= 15 is 0 Å². The zero-order valence-electron chi connectivity index (χ0n) is 10.8. The zero-order valence-corrected chi connectivity index (χ0v) is 10.8. The van der Waals surface area contributed by atoms with Crippen molar-refractivity contribution in [1.82, 2.24) is 5.32 Å². The Morgan fingerprint density at radius 3 is 2.89 bits per heavy atom. The average molecular weight is 263 g/mol. The predicted octanol–water partition coefficient (Wildman–Crippen LogP) is 1.52. The van der Waals surface area contributed by atoms with Crippen LogP contribution in [0.1, 0.15) is 30.1 Å². The lowest BCUT2D eigenvalue weighted by Crippen LogP contribution is -2.32. The maximum Gasteiger partial charge on any atom is 0.308 e. The van der Waals surface area contributed by atoms with Gasteiger partial charge in [-0.05, 0) is 25.0 Å². The summed E-state index contributed by atoms with van der Waals surface area (Å²) >= 11 is 0. The summed E-state index contributed by atoms with van der Waals surface area (Å²) in [6, 6.07) is 6.68. The molecule has 0 bridgehead atoms. The number of amides is 1. The summed E-state index contributed by atoms with van der Waals surface area (Å²) in [6.07, 6.45) is 2.08. The monoisotopic (exact) mass is 263 g/mol. The number of benzene rings is 1. The summed E-state index contributed by atoms with van der Waals surface area (Å²) in [5, 5.41) is 2.80. The highest BCUT2D eigenvalue weighted by atomic mass is 16.5. The second-order valence-corrected chi connectivity index (χ2v) is 4.43. The van der Waals surface area contributed by atoms with Crippen molar-refractivity contribution in [2.45, 2.75) is 25.9 Å². The Labute approximate surface area is 111 Å². The van der Waals surface area contributed by atoms with Crippen LogP contribution in [0.4, 0.5) is 0 Å². The summed E-state index contributed by atoms with van der Waals surface area (Å²) < 4.78 is 10.4. The molecule has 2 rings (SSSR count). The number of carbonyl (C=O) groups excluding carboxylic acids is 2. The van der Waals surface area contributed by atoms with Gasteiger partial charge in [-0.3, -0.25) is 9.59 Å². The largest absolute Gasteiger partial charge is 0.426 e. The van der Waals surface area contributed by atoms with Crippen molar-refractivity contribution >= 4 is 11.9 Å². The minimum Gasteiger partial charge on any atom is -0.426 e. The van der Waals surface area contributed by atoms with Crippen LogP contribution in [-0.4, -0.2) is 31.1 Å². The van der Waals surface area contributed by atoms with E-state index in [-0.39, 0.29) is 17.8 Å². The van der Waals surface area contributed by atoms with Gasteiger partial charge in [0.15, 0.2) is 0 Å². The molecule has 1 amide bonds. The highest BCUT2D eigenvalue weighted by Gasteiger charge is 2.18. The van der Waals surface area contributed by atoms with Crippen molar-refractivity contribution in [1.29, 1.82) is 0 Å². The molecule has 5 nitrogen and oxygen atoms in total. The summed E-state index contributed by atoms with van der Waals surface area (Å²) in [4.78, 5) is 23.0. The average Bonchev–Trinajstić information content (AvgIpc) is 2.89. The van der Waals surface area contributed by atoms with Crippen LogP contribution in [0.15, 0.2) is 24.3 Å². The first-order valence-corrected chi connectivity index (χ1v) is 6.34. The number of rotatable bonds is 4. The Bertz CT molecular complexity index is 466. The number of para-hydroxylation sites is 1. The third kappa shape index (κ3) is 3.79. The molecule has 1 heterocycles. The van der Waals surface area contributed by atoms with E-state index in [1.54, 1.807) is 24.3 Å². The first-order valence-electron chi connectivity index (χ1n) is 6.34. The first kappa shape index (κ1) is 13.5. The summed E-state index contributed by atoms with van der Waals surface area (Å²) in [5.74, 6) is -0.424. The minimum atomic E-state index is -0.445. The molecule has 1 aliphatic rings. The van der Waals surface area contributed by atoms with E-state index in [0.717, 1.165) is 19.4 Å². The fourth-order valence-corrected chi connectivity index (χ4v) is 2.01. The predicted molar refractivity (Wildman–Crippen MR) is 69.1 cm³/mol. The van der Waals surface area contributed by atoms with Crippen molar-refractivity contribution in [3.8, 4) is 5.75 Å². The van der Waals surface area contributed by atoms with Crippen LogP contribution >= 0.6 is 0 Å². The SMILES string of the molecule is CC(=O)Oc1ccccc1C(=O)NC[C@@H]1CCCO1. The van der Waals surface area contributed by atoms with E-state index < -0.39 is 5.97 Å². The highest BCUT2D eigenvalue weighted by molar-refractivity contribution is 5.97. The minimum absolute atomic E-state index is 0.0878. The van der Waals surface area contributed by atoms with Gasteiger partial charge in [0.05, 0.1) is 11.7 Å². The van der Waals surface area contributed by atoms with Gasteiger partial charge in [-0.2, -0.15) is 0 Å². The first-order chi connectivity index (χ1) is 9.16. The van der Waals surface area contributed by atoms with Crippen LogP contribution in [0.3, 0.4) is 0 Å². The molecular formula is C14H17NO4. The number of nitrogens with one attached hydrogen (secondary N) is 1. The lowest BCUT2D eigenvalue weighted by molar-refractivity contribution is -0.131. The van der Waals surface area contributed by atoms with Gasteiger partial charge in [0.1, 0.15) is 5.75 Å². The van der Waals surface area contributed by atoms with Crippen LogP contribution in [0.5, 0.6) is 5.75 Å². The third-order valence-electron chi connectivity index (χ3n) is 2.90.